The molecule has 0 unspecified atom stereocenters. The zero-order valence-electron chi connectivity index (χ0n) is 10.1. The van der Waals surface area contributed by atoms with Gasteiger partial charge in [-0.05, 0) is 31.0 Å². The van der Waals surface area contributed by atoms with Gasteiger partial charge in [0.2, 0.25) is 0 Å². The molecule has 1 aromatic carbocycles. The molecular formula is C14H12F3NO. The van der Waals surface area contributed by atoms with Crippen molar-refractivity contribution >= 4 is 5.91 Å². The zero-order chi connectivity index (χ0) is 14.0. The first-order chi connectivity index (χ1) is 8.91. The molecule has 0 aromatic heterocycles. The second-order valence-corrected chi connectivity index (χ2v) is 4.44. The molecule has 0 aliphatic carbocycles. The molecule has 100 valence electrons. The van der Waals surface area contributed by atoms with E-state index in [1.165, 1.54) is 6.07 Å². The Labute approximate surface area is 109 Å². The van der Waals surface area contributed by atoms with E-state index in [-0.39, 0.29) is 17.0 Å². The molecule has 0 atom stereocenters. The first kappa shape index (κ1) is 13.5. The molecule has 1 aliphatic heterocycles. The van der Waals surface area contributed by atoms with Gasteiger partial charge in [0.25, 0.3) is 5.91 Å². The predicted octanol–water partition coefficient (Wildman–Crippen LogP) is 2.92. The largest absolute Gasteiger partial charge is 0.416 e. The molecule has 2 rings (SSSR count). The monoisotopic (exact) mass is 267 g/mol. The summed E-state index contributed by atoms with van der Waals surface area (Å²) in [5.74, 6) is 1.77. The topological polar surface area (TPSA) is 20.3 Å². The number of amides is 1. The second-order valence-electron chi connectivity index (χ2n) is 4.44. The van der Waals surface area contributed by atoms with Crippen LogP contribution in [-0.2, 0) is 6.18 Å². The number of benzene rings is 1. The summed E-state index contributed by atoms with van der Waals surface area (Å²) in [5, 5.41) is 0. The summed E-state index contributed by atoms with van der Waals surface area (Å²) in [7, 11) is 0. The Bertz CT molecular complexity index is 537. The molecule has 0 radical (unpaired) electrons. The summed E-state index contributed by atoms with van der Waals surface area (Å²) >= 11 is 0. The number of nitrogens with zero attached hydrogens (tertiary/aromatic N) is 1. The first-order valence-electron chi connectivity index (χ1n) is 5.90. The van der Waals surface area contributed by atoms with Gasteiger partial charge in [0.05, 0.1) is 5.56 Å². The highest BCUT2D eigenvalue weighted by Gasteiger charge is 2.32. The Hall–Kier alpha value is -1.96. The number of halogens is 3. The average Bonchev–Trinajstić information content (AvgIpc) is 2.90. The highest BCUT2D eigenvalue weighted by Crippen LogP contribution is 2.31. The van der Waals surface area contributed by atoms with Crippen molar-refractivity contribution < 1.29 is 18.0 Å². The van der Waals surface area contributed by atoms with Crippen molar-refractivity contribution in [2.75, 3.05) is 13.1 Å². The minimum Gasteiger partial charge on any atom is -0.339 e. The molecule has 1 heterocycles. The van der Waals surface area contributed by atoms with Crippen LogP contribution in [0.1, 0.15) is 34.3 Å². The quantitative estimate of drug-likeness (QED) is 0.716. The van der Waals surface area contributed by atoms with Crippen molar-refractivity contribution in [3.63, 3.8) is 0 Å². The summed E-state index contributed by atoms with van der Waals surface area (Å²) in [5.41, 5.74) is -0.812. The lowest BCUT2D eigenvalue weighted by Gasteiger charge is -2.16. The highest BCUT2D eigenvalue weighted by molar-refractivity contribution is 5.95. The fraction of sp³-hybridized carbons (Fsp3) is 0.357. The smallest absolute Gasteiger partial charge is 0.339 e. The molecule has 0 N–H and O–H groups in total. The standard InChI is InChI=1S/C14H12F3NO/c1-2-10-7-11(9-12(8-10)14(15,16)17)13(19)18-5-3-4-6-18/h1,7-9H,3-6H2. The molecule has 1 aromatic rings. The van der Waals surface area contributed by atoms with Crippen LogP contribution < -0.4 is 0 Å². The summed E-state index contributed by atoms with van der Waals surface area (Å²) in [6.45, 7) is 1.17. The normalized spacial score (nSPS) is 15.4. The van der Waals surface area contributed by atoms with E-state index in [1.807, 2.05) is 0 Å². The van der Waals surface area contributed by atoms with Gasteiger partial charge in [0.15, 0.2) is 0 Å². The summed E-state index contributed by atoms with van der Waals surface area (Å²) in [6.07, 6.45) is 2.40. The lowest BCUT2D eigenvalue weighted by Crippen LogP contribution is -2.28. The van der Waals surface area contributed by atoms with Crippen LogP contribution >= 0.6 is 0 Å². The Balaban J connectivity index is 2.40. The molecule has 2 nitrogen and oxygen atoms in total. The predicted molar refractivity (Wildman–Crippen MR) is 64.5 cm³/mol. The van der Waals surface area contributed by atoms with E-state index in [4.69, 9.17) is 6.42 Å². The van der Waals surface area contributed by atoms with Crippen LogP contribution in [0.3, 0.4) is 0 Å². The zero-order valence-corrected chi connectivity index (χ0v) is 10.1. The van der Waals surface area contributed by atoms with Crippen LogP contribution in [0, 0.1) is 12.3 Å². The van der Waals surface area contributed by atoms with Gasteiger partial charge in [-0.1, -0.05) is 5.92 Å². The number of carbonyl (C=O) groups excluding carboxylic acids is 1. The van der Waals surface area contributed by atoms with Crippen LogP contribution in [0.5, 0.6) is 0 Å². The van der Waals surface area contributed by atoms with Gasteiger partial charge >= 0.3 is 6.18 Å². The molecule has 0 bridgehead atoms. The molecule has 5 heteroatoms. The molecule has 1 saturated heterocycles. The van der Waals surface area contributed by atoms with Crippen molar-refractivity contribution in [1.29, 1.82) is 0 Å². The molecule has 1 aliphatic rings. The molecule has 19 heavy (non-hydrogen) atoms. The lowest BCUT2D eigenvalue weighted by molar-refractivity contribution is -0.137. The van der Waals surface area contributed by atoms with E-state index in [0.29, 0.717) is 13.1 Å². The van der Waals surface area contributed by atoms with E-state index in [9.17, 15) is 18.0 Å². The number of terminal acetylenes is 1. The average molecular weight is 267 g/mol. The molecule has 0 spiro atoms. The van der Waals surface area contributed by atoms with Crippen molar-refractivity contribution in [1.82, 2.24) is 4.90 Å². The highest BCUT2D eigenvalue weighted by atomic mass is 19.4. The Morgan fingerprint density at radius 3 is 2.37 bits per heavy atom. The Morgan fingerprint density at radius 1 is 1.21 bits per heavy atom. The first-order valence-corrected chi connectivity index (χ1v) is 5.90. The van der Waals surface area contributed by atoms with E-state index in [2.05, 4.69) is 5.92 Å². The van der Waals surface area contributed by atoms with Crippen LogP contribution in [0.2, 0.25) is 0 Å². The van der Waals surface area contributed by atoms with E-state index < -0.39 is 11.7 Å². The van der Waals surface area contributed by atoms with Gasteiger partial charge in [-0.3, -0.25) is 4.79 Å². The summed E-state index contributed by atoms with van der Waals surface area (Å²) in [6, 6.07) is 3.07. The summed E-state index contributed by atoms with van der Waals surface area (Å²) in [4.78, 5) is 13.6. The molecule has 1 amide bonds. The van der Waals surface area contributed by atoms with Gasteiger partial charge in [0.1, 0.15) is 0 Å². The second kappa shape index (κ2) is 4.96. The summed E-state index contributed by atoms with van der Waals surface area (Å²) < 4.78 is 38.2. The van der Waals surface area contributed by atoms with Crippen LogP contribution in [0.25, 0.3) is 0 Å². The van der Waals surface area contributed by atoms with Crippen molar-refractivity contribution in [2.45, 2.75) is 19.0 Å². The Morgan fingerprint density at radius 2 is 1.84 bits per heavy atom. The van der Waals surface area contributed by atoms with Crippen LogP contribution in [-0.4, -0.2) is 23.9 Å². The van der Waals surface area contributed by atoms with Crippen LogP contribution in [0.4, 0.5) is 13.2 Å². The van der Waals surface area contributed by atoms with Gasteiger partial charge in [-0.2, -0.15) is 13.2 Å². The SMILES string of the molecule is C#Cc1cc(C(=O)N2CCCC2)cc(C(F)(F)F)c1. The van der Waals surface area contributed by atoms with Crippen molar-refractivity contribution in [2.24, 2.45) is 0 Å². The van der Waals surface area contributed by atoms with Crippen molar-refractivity contribution in [3.8, 4) is 12.3 Å². The Kier molecular flexibility index (Phi) is 3.52. The third kappa shape index (κ3) is 2.90. The fourth-order valence-electron chi connectivity index (χ4n) is 2.10. The number of rotatable bonds is 1. The maximum Gasteiger partial charge on any atom is 0.416 e. The fourth-order valence-corrected chi connectivity index (χ4v) is 2.10. The number of hydrogen-bond acceptors (Lipinski definition) is 1. The van der Waals surface area contributed by atoms with E-state index in [1.54, 1.807) is 4.90 Å². The van der Waals surface area contributed by atoms with E-state index >= 15 is 0 Å². The van der Waals surface area contributed by atoms with Crippen molar-refractivity contribution in [3.05, 3.63) is 34.9 Å². The van der Waals surface area contributed by atoms with Gasteiger partial charge in [-0.25, -0.2) is 0 Å². The minimum atomic E-state index is -4.51. The van der Waals surface area contributed by atoms with Gasteiger partial charge < -0.3 is 4.90 Å². The maximum absolute atomic E-state index is 12.7. The number of hydrogen-bond donors (Lipinski definition) is 0. The number of alkyl halides is 3. The van der Waals surface area contributed by atoms with E-state index in [0.717, 1.165) is 25.0 Å². The third-order valence-corrected chi connectivity index (χ3v) is 3.07. The maximum atomic E-state index is 12.7. The van der Waals surface area contributed by atoms with Crippen LogP contribution in [0.15, 0.2) is 18.2 Å². The number of likely N-dealkylation sites (tertiary alicyclic amines) is 1. The molecule has 1 fully saturated rings. The number of carbonyl (C=O) groups is 1. The lowest BCUT2D eigenvalue weighted by atomic mass is 10.0. The molecular weight excluding hydrogens is 255 g/mol. The molecule has 0 saturated carbocycles. The third-order valence-electron chi connectivity index (χ3n) is 3.07. The minimum absolute atomic E-state index is 0.00433. The van der Waals surface area contributed by atoms with Gasteiger partial charge in [0, 0.05) is 24.2 Å². The van der Waals surface area contributed by atoms with Gasteiger partial charge in [-0.15, -0.1) is 6.42 Å².